The number of halogens is 1. The monoisotopic (exact) mass is 331 g/mol. The van der Waals surface area contributed by atoms with Gasteiger partial charge in [0.25, 0.3) is 0 Å². The van der Waals surface area contributed by atoms with Gasteiger partial charge in [-0.3, -0.25) is 0 Å². The minimum atomic E-state index is 0.456. The van der Waals surface area contributed by atoms with Crippen LogP contribution in [0.2, 0.25) is 5.02 Å². The summed E-state index contributed by atoms with van der Waals surface area (Å²) in [5.74, 6) is 1.84. The van der Waals surface area contributed by atoms with Crippen molar-refractivity contribution < 1.29 is 0 Å². The summed E-state index contributed by atoms with van der Waals surface area (Å²) < 4.78 is 0. The van der Waals surface area contributed by atoms with Crippen LogP contribution >= 0.6 is 11.6 Å². The number of rotatable bonds is 6. The first kappa shape index (κ1) is 16.0. The zero-order valence-electron chi connectivity index (χ0n) is 13.3. The van der Waals surface area contributed by atoms with Gasteiger partial charge in [0.15, 0.2) is 0 Å². The molecule has 0 unspecified atom stereocenters. The second-order valence-corrected chi connectivity index (χ2v) is 6.13. The predicted octanol–water partition coefficient (Wildman–Crippen LogP) is 2.93. The number of hydrogen-bond donors (Lipinski definition) is 2. The molecule has 122 valence electrons. The molecule has 1 saturated heterocycles. The highest BCUT2D eigenvalue weighted by molar-refractivity contribution is 6.31. The summed E-state index contributed by atoms with van der Waals surface area (Å²) >= 11 is 6.20. The second kappa shape index (κ2) is 7.62. The Labute approximate surface area is 142 Å². The molecule has 3 rings (SSSR count). The first-order valence-electron chi connectivity index (χ1n) is 7.98. The van der Waals surface area contributed by atoms with Crippen LogP contribution in [0.25, 0.3) is 0 Å². The van der Waals surface area contributed by atoms with E-state index in [2.05, 4.69) is 31.6 Å². The third-order valence-electron chi connectivity index (χ3n) is 4.23. The summed E-state index contributed by atoms with van der Waals surface area (Å²) in [6.07, 6.45) is 3.99. The lowest BCUT2D eigenvalue weighted by atomic mass is 10.2. The van der Waals surface area contributed by atoms with E-state index in [1.165, 1.54) is 12.8 Å². The molecule has 2 aromatic rings. The molecule has 0 aliphatic carbocycles. The van der Waals surface area contributed by atoms with Gasteiger partial charge in [-0.05, 0) is 24.5 Å². The quantitative estimate of drug-likeness (QED) is 0.852. The van der Waals surface area contributed by atoms with Gasteiger partial charge in [0, 0.05) is 43.8 Å². The second-order valence-electron chi connectivity index (χ2n) is 5.72. The van der Waals surface area contributed by atoms with Gasteiger partial charge in [-0.1, -0.05) is 29.8 Å². The summed E-state index contributed by atoms with van der Waals surface area (Å²) in [5, 5.41) is 7.41. The molecule has 0 saturated carbocycles. The van der Waals surface area contributed by atoms with E-state index in [0.29, 0.717) is 6.04 Å². The van der Waals surface area contributed by atoms with Crippen LogP contribution in [0.1, 0.15) is 18.4 Å². The van der Waals surface area contributed by atoms with Crippen molar-refractivity contribution in [2.75, 3.05) is 30.4 Å². The lowest BCUT2D eigenvalue weighted by Crippen LogP contribution is -2.38. The molecule has 1 aliphatic heterocycles. The molecule has 1 fully saturated rings. The summed E-state index contributed by atoms with van der Waals surface area (Å²) in [6.45, 7) is 2.75. The van der Waals surface area contributed by atoms with Gasteiger partial charge in [0.1, 0.15) is 18.0 Å². The van der Waals surface area contributed by atoms with Crippen molar-refractivity contribution in [1.29, 1.82) is 0 Å². The van der Waals surface area contributed by atoms with E-state index >= 15 is 0 Å². The number of aromatic nitrogens is 2. The molecule has 0 radical (unpaired) electrons. The zero-order chi connectivity index (χ0) is 16.1. The van der Waals surface area contributed by atoms with E-state index in [1.807, 2.05) is 31.3 Å². The minimum absolute atomic E-state index is 0.456. The SMILES string of the molecule is CNc1cc(N2CCC[C@@H]2CNCc2ccccc2Cl)ncn1. The van der Waals surface area contributed by atoms with E-state index in [1.54, 1.807) is 6.33 Å². The van der Waals surface area contributed by atoms with Crippen molar-refractivity contribution in [3.05, 3.63) is 47.2 Å². The standard InChI is InChI=1S/C17H22ClN5/c1-19-16-9-17(22-12-21-16)23-8-4-6-14(23)11-20-10-13-5-2-3-7-15(13)18/h2-3,5,7,9,12,14,20H,4,6,8,10-11H2,1H3,(H,19,21,22)/t14-/m1/s1. The molecule has 6 heteroatoms. The number of nitrogens with one attached hydrogen (secondary N) is 2. The highest BCUT2D eigenvalue weighted by atomic mass is 35.5. The normalized spacial score (nSPS) is 17.5. The van der Waals surface area contributed by atoms with Crippen molar-refractivity contribution in [1.82, 2.24) is 15.3 Å². The van der Waals surface area contributed by atoms with E-state index in [4.69, 9.17) is 11.6 Å². The number of anilines is 2. The van der Waals surface area contributed by atoms with Crippen LogP contribution < -0.4 is 15.5 Å². The van der Waals surface area contributed by atoms with Gasteiger partial charge in [0.2, 0.25) is 0 Å². The Morgan fingerprint density at radius 3 is 3.00 bits per heavy atom. The zero-order valence-corrected chi connectivity index (χ0v) is 14.1. The Balaban J connectivity index is 1.60. The summed E-state index contributed by atoms with van der Waals surface area (Å²) in [7, 11) is 1.87. The van der Waals surface area contributed by atoms with Crippen LogP contribution in [0, 0.1) is 0 Å². The molecule has 1 aromatic heterocycles. The van der Waals surface area contributed by atoms with E-state index < -0.39 is 0 Å². The van der Waals surface area contributed by atoms with Crippen LogP contribution in [-0.4, -0.2) is 36.1 Å². The van der Waals surface area contributed by atoms with E-state index in [0.717, 1.165) is 41.9 Å². The van der Waals surface area contributed by atoms with Gasteiger partial charge >= 0.3 is 0 Å². The Hall–Kier alpha value is -1.85. The molecular formula is C17H22ClN5. The average molecular weight is 332 g/mol. The fraction of sp³-hybridized carbons (Fsp3) is 0.412. The molecule has 0 spiro atoms. The van der Waals surface area contributed by atoms with Crippen molar-refractivity contribution in [3.63, 3.8) is 0 Å². The van der Waals surface area contributed by atoms with E-state index in [-0.39, 0.29) is 0 Å². The van der Waals surface area contributed by atoms with E-state index in [9.17, 15) is 0 Å². The fourth-order valence-corrected chi connectivity index (χ4v) is 3.21. The molecule has 0 amide bonds. The molecule has 1 aromatic carbocycles. The molecule has 1 atom stereocenters. The number of nitrogens with zero attached hydrogens (tertiary/aromatic N) is 3. The Bertz CT molecular complexity index is 648. The minimum Gasteiger partial charge on any atom is -0.373 e. The van der Waals surface area contributed by atoms with Crippen LogP contribution in [0.4, 0.5) is 11.6 Å². The van der Waals surface area contributed by atoms with Crippen LogP contribution in [-0.2, 0) is 6.54 Å². The largest absolute Gasteiger partial charge is 0.373 e. The molecule has 5 nitrogen and oxygen atoms in total. The Kier molecular flexibility index (Phi) is 5.31. The molecule has 2 heterocycles. The molecule has 0 bridgehead atoms. The predicted molar refractivity (Wildman–Crippen MR) is 95.1 cm³/mol. The number of benzene rings is 1. The van der Waals surface area contributed by atoms with Crippen LogP contribution in [0.3, 0.4) is 0 Å². The third-order valence-corrected chi connectivity index (χ3v) is 4.60. The third kappa shape index (κ3) is 3.92. The highest BCUT2D eigenvalue weighted by Crippen LogP contribution is 2.24. The highest BCUT2D eigenvalue weighted by Gasteiger charge is 2.25. The molecule has 1 aliphatic rings. The van der Waals surface area contributed by atoms with Crippen molar-refractivity contribution in [3.8, 4) is 0 Å². The average Bonchev–Trinajstić information content (AvgIpc) is 3.05. The van der Waals surface area contributed by atoms with Crippen LogP contribution in [0.5, 0.6) is 0 Å². The smallest absolute Gasteiger partial charge is 0.134 e. The van der Waals surface area contributed by atoms with Gasteiger partial charge in [-0.25, -0.2) is 9.97 Å². The maximum atomic E-state index is 6.20. The van der Waals surface area contributed by atoms with Gasteiger partial charge in [-0.2, -0.15) is 0 Å². The van der Waals surface area contributed by atoms with Gasteiger partial charge in [-0.15, -0.1) is 0 Å². The summed E-state index contributed by atoms with van der Waals surface area (Å²) in [6, 6.07) is 10.4. The Morgan fingerprint density at radius 1 is 1.30 bits per heavy atom. The Morgan fingerprint density at radius 2 is 2.17 bits per heavy atom. The first-order valence-corrected chi connectivity index (χ1v) is 8.36. The maximum absolute atomic E-state index is 6.20. The molecular weight excluding hydrogens is 310 g/mol. The lowest BCUT2D eigenvalue weighted by Gasteiger charge is -2.26. The van der Waals surface area contributed by atoms with Crippen molar-refractivity contribution in [2.24, 2.45) is 0 Å². The molecule has 2 N–H and O–H groups in total. The summed E-state index contributed by atoms with van der Waals surface area (Å²) in [5.41, 5.74) is 1.14. The van der Waals surface area contributed by atoms with Crippen molar-refractivity contribution >= 4 is 23.2 Å². The number of hydrogen-bond acceptors (Lipinski definition) is 5. The van der Waals surface area contributed by atoms with Crippen LogP contribution in [0.15, 0.2) is 36.7 Å². The summed E-state index contributed by atoms with van der Waals surface area (Å²) in [4.78, 5) is 11.0. The first-order chi connectivity index (χ1) is 11.3. The lowest BCUT2D eigenvalue weighted by molar-refractivity contribution is 0.571. The topological polar surface area (TPSA) is 53.1 Å². The van der Waals surface area contributed by atoms with Crippen molar-refractivity contribution in [2.45, 2.75) is 25.4 Å². The molecule has 23 heavy (non-hydrogen) atoms. The van der Waals surface area contributed by atoms with Gasteiger partial charge < -0.3 is 15.5 Å². The maximum Gasteiger partial charge on any atom is 0.134 e. The van der Waals surface area contributed by atoms with Gasteiger partial charge in [0.05, 0.1) is 0 Å². The fourth-order valence-electron chi connectivity index (χ4n) is 3.01.